The van der Waals surface area contributed by atoms with Gasteiger partial charge in [0.15, 0.2) is 0 Å². The molecule has 0 aliphatic rings. The van der Waals surface area contributed by atoms with Gasteiger partial charge < -0.3 is 14.4 Å². The number of aryl methyl sites for hydroxylation is 1. The van der Waals surface area contributed by atoms with Crippen LogP contribution in [0.2, 0.25) is 0 Å². The Morgan fingerprint density at radius 1 is 1.30 bits per heavy atom. The van der Waals surface area contributed by atoms with Crippen LogP contribution >= 0.6 is 0 Å². The van der Waals surface area contributed by atoms with E-state index in [0.29, 0.717) is 31.2 Å². The molecule has 2 atom stereocenters. The van der Waals surface area contributed by atoms with Gasteiger partial charge in [-0.1, -0.05) is 35.5 Å². The number of rotatable bonds is 7. The van der Waals surface area contributed by atoms with Gasteiger partial charge in [-0.3, -0.25) is 0 Å². The van der Waals surface area contributed by atoms with E-state index in [2.05, 4.69) is 10.1 Å². The van der Waals surface area contributed by atoms with Gasteiger partial charge in [-0.2, -0.15) is 4.98 Å². The summed E-state index contributed by atoms with van der Waals surface area (Å²) in [5, 5.41) is 13.3. The van der Waals surface area contributed by atoms with Crippen molar-refractivity contribution in [3.63, 3.8) is 0 Å². The molecule has 5 nitrogen and oxygen atoms in total. The summed E-state index contributed by atoms with van der Waals surface area (Å²) in [6, 6.07) is 9.82. The van der Waals surface area contributed by atoms with E-state index >= 15 is 0 Å². The summed E-state index contributed by atoms with van der Waals surface area (Å²) in [4.78, 5) is 4.36. The molecule has 0 radical (unpaired) electrons. The minimum Gasteiger partial charge on any atom is -0.393 e. The van der Waals surface area contributed by atoms with Crippen LogP contribution in [0.5, 0.6) is 0 Å². The predicted octanol–water partition coefficient (Wildman–Crippen LogP) is 2.51. The fraction of sp³-hybridized carbons (Fsp3) is 0.467. The third-order valence-electron chi connectivity index (χ3n) is 2.93. The van der Waals surface area contributed by atoms with Crippen molar-refractivity contribution in [2.75, 3.05) is 6.61 Å². The molecule has 1 heterocycles. The number of aliphatic hydroxyl groups excluding tert-OH is 1. The van der Waals surface area contributed by atoms with Gasteiger partial charge in [0.05, 0.1) is 6.10 Å². The van der Waals surface area contributed by atoms with Gasteiger partial charge >= 0.3 is 0 Å². The third kappa shape index (κ3) is 3.88. The first-order chi connectivity index (χ1) is 9.70. The lowest BCUT2D eigenvalue weighted by atomic mass is 10.1. The molecule has 0 fully saturated rings. The molecular weight excluding hydrogens is 256 g/mol. The topological polar surface area (TPSA) is 68.4 Å². The molecular formula is C15H20N2O3. The van der Waals surface area contributed by atoms with E-state index in [0.717, 1.165) is 5.56 Å². The molecule has 2 aromatic rings. The first-order valence-electron chi connectivity index (χ1n) is 6.87. The number of aliphatic hydroxyl groups is 1. The molecule has 1 aromatic heterocycles. The van der Waals surface area contributed by atoms with Crippen molar-refractivity contribution in [2.45, 2.75) is 38.9 Å². The number of aromatic nitrogens is 2. The second kappa shape index (κ2) is 7.17. The zero-order valence-electron chi connectivity index (χ0n) is 11.8. The molecule has 1 N–H and O–H groups in total. The Morgan fingerprint density at radius 2 is 2.05 bits per heavy atom. The quantitative estimate of drug-likeness (QED) is 0.841. The highest BCUT2D eigenvalue weighted by atomic mass is 16.5. The van der Waals surface area contributed by atoms with E-state index in [1.165, 1.54) is 0 Å². The monoisotopic (exact) mass is 276 g/mol. The van der Waals surface area contributed by atoms with E-state index in [9.17, 15) is 5.11 Å². The van der Waals surface area contributed by atoms with Crippen LogP contribution < -0.4 is 0 Å². The van der Waals surface area contributed by atoms with Crippen LogP contribution in [0, 0.1) is 0 Å². The molecule has 20 heavy (non-hydrogen) atoms. The summed E-state index contributed by atoms with van der Waals surface area (Å²) in [5.41, 5.74) is 0.997. The molecule has 0 saturated heterocycles. The summed E-state index contributed by atoms with van der Waals surface area (Å²) >= 11 is 0. The molecule has 0 amide bonds. The smallest absolute Gasteiger partial charge is 0.226 e. The van der Waals surface area contributed by atoms with Crippen LogP contribution in [0.25, 0.3) is 0 Å². The van der Waals surface area contributed by atoms with Crippen LogP contribution in [-0.4, -0.2) is 28.0 Å². The Morgan fingerprint density at radius 3 is 2.70 bits per heavy atom. The second-order valence-electron chi connectivity index (χ2n) is 4.68. The lowest BCUT2D eigenvalue weighted by Gasteiger charge is -2.13. The molecule has 0 aliphatic carbocycles. The molecule has 2 unspecified atom stereocenters. The first kappa shape index (κ1) is 14.7. The van der Waals surface area contributed by atoms with E-state index in [4.69, 9.17) is 9.26 Å². The highest BCUT2D eigenvalue weighted by Crippen LogP contribution is 2.23. The Bertz CT molecular complexity index is 511. The fourth-order valence-corrected chi connectivity index (χ4v) is 1.92. The molecule has 1 aromatic carbocycles. The maximum absolute atomic E-state index is 9.28. The van der Waals surface area contributed by atoms with Crippen molar-refractivity contribution in [3.05, 3.63) is 47.6 Å². The van der Waals surface area contributed by atoms with Gasteiger partial charge in [0.2, 0.25) is 11.7 Å². The van der Waals surface area contributed by atoms with Crippen LogP contribution in [0.4, 0.5) is 0 Å². The number of hydrogen-bond donors (Lipinski definition) is 1. The minimum atomic E-state index is -0.373. The number of benzene rings is 1. The Balaban J connectivity index is 2.14. The van der Waals surface area contributed by atoms with E-state index < -0.39 is 0 Å². The van der Waals surface area contributed by atoms with Gasteiger partial charge in [0.25, 0.3) is 0 Å². The summed E-state index contributed by atoms with van der Waals surface area (Å²) < 4.78 is 10.9. The van der Waals surface area contributed by atoms with Crippen molar-refractivity contribution in [3.8, 4) is 0 Å². The van der Waals surface area contributed by atoms with Gasteiger partial charge in [-0.05, 0) is 25.8 Å². The largest absolute Gasteiger partial charge is 0.393 e. The standard InChI is InChI=1S/C15H20N2O3/c1-3-19-14(12-7-5-4-6-8-12)15-16-13(20-17-15)10-9-11(2)18/h4-8,11,14,18H,3,9-10H2,1-2H3. The van der Waals surface area contributed by atoms with Crippen molar-refractivity contribution >= 4 is 0 Å². The van der Waals surface area contributed by atoms with Crippen LogP contribution in [-0.2, 0) is 11.2 Å². The number of ether oxygens (including phenoxy) is 1. The lowest BCUT2D eigenvalue weighted by Crippen LogP contribution is -2.08. The summed E-state index contributed by atoms with van der Waals surface area (Å²) in [6.07, 6.45) is 0.484. The van der Waals surface area contributed by atoms with Gasteiger partial charge in [0, 0.05) is 13.0 Å². The Kier molecular flexibility index (Phi) is 5.26. The van der Waals surface area contributed by atoms with Gasteiger partial charge in [0.1, 0.15) is 6.10 Å². The zero-order chi connectivity index (χ0) is 14.4. The summed E-state index contributed by atoms with van der Waals surface area (Å²) in [5.74, 6) is 1.06. The molecule has 0 aliphatic heterocycles. The highest BCUT2D eigenvalue weighted by molar-refractivity contribution is 5.22. The van der Waals surface area contributed by atoms with Gasteiger partial charge in [-0.25, -0.2) is 0 Å². The molecule has 0 saturated carbocycles. The Labute approximate surface area is 118 Å². The van der Waals surface area contributed by atoms with E-state index in [1.807, 2.05) is 37.3 Å². The maximum atomic E-state index is 9.28. The second-order valence-corrected chi connectivity index (χ2v) is 4.68. The summed E-state index contributed by atoms with van der Waals surface area (Å²) in [7, 11) is 0. The minimum absolute atomic E-state index is 0.315. The van der Waals surface area contributed by atoms with Crippen LogP contribution in [0.3, 0.4) is 0 Å². The number of hydrogen-bond acceptors (Lipinski definition) is 5. The average Bonchev–Trinajstić information content (AvgIpc) is 2.92. The number of nitrogens with zero attached hydrogens (tertiary/aromatic N) is 2. The van der Waals surface area contributed by atoms with Crippen molar-refractivity contribution in [2.24, 2.45) is 0 Å². The molecule has 108 valence electrons. The van der Waals surface area contributed by atoms with Crippen molar-refractivity contribution in [1.82, 2.24) is 10.1 Å². The molecule has 5 heteroatoms. The molecule has 0 spiro atoms. The van der Waals surface area contributed by atoms with Crippen LogP contribution in [0.15, 0.2) is 34.9 Å². The van der Waals surface area contributed by atoms with Gasteiger partial charge in [-0.15, -0.1) is 0 Å². The SMILES string of the molecule is CCOC(c1ccccc1)c1noc(CCC(C)O)n1. The normalized spacial score (nSPS) is 14.2. The average molecular weight is 276 g/mol. The first-order valence-corrected chi connectivity index (χ1v) is 6.87. The highest BCUT2D eigenvalue weighted by Gasteiger charge is 2.20. The maximum Gasteiger partial charge on any atom is 0.226 e. The lowest BCUT2D eigenvalue weighted by molar-refractivity contribution is 0.0833. The van der Waals surface area contributed by atoms with E-state index in [-0.39, 0.29) is 12.2 Å². The van der Waals surface area contributed by atoms with Crippen molar-refractivity contribution < 1.29 is 14.4 Å². The predicted molar refractivity (Wildman–Crippen MR) is 74.2 cm³/mol. The van der Waals surface area contributed by atoms with Crippen LogP contribution in [0.1, 0.15) is 43.7 Å². The molecule has 2 rings (SSSR count). The molecule has 0 bridgehead atoms. The summed E-state index contributed by atoms with van der Waals surface area (Å²) in [6.45, 7) is 4.24. The fourth-order valence-electron chi connectivity index (χ4n) is 1.92. The zero-order valence-corrected chi connectivity index (χ0v) is 11.8. The Hall–Kier alpha value is -1.72. The van der Waals surface area contributed by atoms with E-state index in [1.54, 1.807) is 6.92 Å². The van der Waals surface area contributed by atoms with Crippen molar-refractivity contribution in [1.29, 1.82) is 0 Å². The third-order valence-corrected chi connectivity index (χ3v) is 2.93.